The maximum atomic E-state index is 13.1. The van der Waals surface area contributed by atoms with Gasteiger partial charge in [-0.25, -0.2) is 0 Å². The van der Waals surface area contributed by atoms with Gasteiger partial charge in [-0.15, -0.1) is 0 Å². The zero-order valence-electron chi connectivity index (χ0n) is 19.2. The van der Waals surface area contributed by atoms with E-state index in [4.69, 9.17) is 0 Å². The lowest BCUT2D eigenvalue weighted by atomic mass is 9.48. The number of hydrogen-bond acceptors (Lipinski definition) is 2. The van der Waals surface area contributed by atoms with E-state index in [9.17, 15) is 18.3 Å². The third-order valence-electron chi connectivity index (χ3n) is 9.88. The summed E-state index contributed by atoms with van der Waals surface area (Å²) in [4.78, 5) is 0. The molecule has 0 saturated heterocycles. The molecule has 32 heavy (non-hydrogen) atoms. The van der Waals surface area contributed by atoms with Gasteiger partial charge in [-0.2, -0.15) is 13.2 Å². The SMILES string of the molecule is C[C@]12CC[C@H]3[C@@H](CC=C4C[C@@H](O)CC[C@@]43C)[C@@H]1CC[C@@H]2NCc1cccc(C(F)(F)F)c1. The van der Waals surface area contributed by atoms with Crippen molar-refractivity contribution in [2.75, 3.05) is 0 Å². The van der Waals surface area contributed by atoms with Crippen LogP contribution in [0.15, 0.2) is 35.9 Å². The van der Waals surface area contributed by atoms with Crippen LogP contribution in [0.4, 0.5) is 13.2 Å². The minimum absolute atomic E-state index is 0.171. The minimum atomic E-state index is -4.29. The van der Waals surface area contributed by atoms with Crippen LogP contribution in [0.5, 0.6) is 0 Å². The molecule has 3 saturated carbocycles. The third-order valence-corrected chi connectivity index (χ3v) is 9.88. The lowest BCUT2D eigenvalue weighted by molar-refractivity contribution is -0.137. The highest BCUT2D eigenvalue weighted by Gasteiger charge is 2.58. The highest BCUT2D eigenvalue weighted by molar-refractivity contribution is 5.27. The van der Waals surface area contributed by atoms with Gasteiger partial charge in [0.2, 0.25) is 0 Å². The molecule has 0 spiro atoms. The Bertz CT molecular complexity index is 895. The van der Waals surface area contributed by atoms with Crippen LogP contribution in [0.2, 0.25) is 0 Å². The van der Waals surface area contributed by atoms with Crippen LogP contribution >= 0.6 is 0 Å². The molecular weight excluding hydrogens is 411 g/mol. The highest BCUT2D eigenvalue weighted by atomic mass is 19.4. The van der Waals surface area contributed by atoms with Crippen molar-refractivity contribution in [1.29, 1.82) is 0 Å². The Hall–Kier alpha value is -1.33. The van der Waals surface area contributed by atoms with Crippen molar-refractivity contribution in [2.45, 2.75) is 90.1 Å². The van der Waals surface area contributed by atoms with E-state index in [1.165, 1.54) is 37.0 Å². The first-order chi connectivity index (χ1) is 15.1. The van der Waals surface area contributed by atoms with Gasteiger partial charge in [0, 0.05) is 12.6 Å². The highest BCUT2D eigenvalue weighted by Crippen LogP contribution is 2.64. The minimum Gasteiger partial charge on any atom is -0.393 e. The second kappa shape index (κ2) is 7.87. The molecule has 3 fully saturated rings. The molecule has 0 aliphatic heterocycles. The van der Waals surface area contributed by atoms with Crippen LogP contribution in [-0.2, 0) is 12.7 Å². The number of fused-ring (bicyclic) bond motifs is 5. The van der Waals surface area contributed by atoms with Gasteiger partial charge in [0.05, 0.1) is 11.7 Å². The molecule has 4 aliphatic rings. The molecule has 2 nitrogen and oxygen atoms in total. The van der Waals surface area contributed by atoms with Crippen LogP contribution in [0.25, 0.3) is 0 Å². The van der Waals surface area contributed by atoms with E-state index in [-0.39, 0.29) is 16.9 Å². The topological polar surface area (TPSA) is 32.3 Å². The Morgan fingerprint density at radius 3 is 2.66 bits per heavy atom. The smallest absolute Gasteiger partial charge is 0.393 e. The summed E-state index contributed by atoms with van der Waals surface area (Å²) in [5, 5.41) is 13.9. The summed E-state index contributed by atoms with van der Waals surface area (Å²) in [6, 6.07) is 6.09. The van der Waals surface area contributed by atoms with Crippen LogP contribution in [-0.4, -0.2) is 17.3 Å². The summed E-state index contributed by atoms with van der Waals surface area (Å²) < 4.78 is 39.2. The van der Waals surface area contributed by atoms with Gasteiger partial charge in [0.15, 0.2) is 0 Å². The van der Waals surface area contributed by atoms with E-state index < -0.39 is 11.7 Å². The molecule has 7 atom stereocenters. The van der Waals surface area contributed by atoms with E-state index in [1.807, 2.05) is 0 Å². The fraction of sp³-hybridized carbons (Fsp3) is 0.704. The Balaban J connectivity index is 1.30. The Morgan fingerprint density at radius 2 is 1.88 bits per heavy atom. The van der Waals surface area contributed by atoms with Crippen LogP contribution < -0.4 is 5.32 Å². The van der Waals surface area contributed by atoms with E-state index in [2.05, 4.69) is 25.2 Å². The number of allylic oxidation sites excluding steroid dienone is 1. The lowest BCUT2D eigenvalue weighted by Crippen LogP contribution is -2.53. The van der Waals surface area contributed by atoms with Gasteiger partial charge in [-0.3, -0.25) is 0 Å². The van der Waals surface area contributed by atoms with Gasteiger partial charge in [0.1, 0.15) is 0 Å². The van der Waals surface area contributed by atoms with Crippen molar-refractivity contribution in [3.63, 3.8) is 0 Å². The Morgan fingerprint density at radius 1 is 1.06 bits per heavy atom. The third kappa shape index (κ3) is 3.64. The summed E-state index contributed by atoms with van der Waals surface area (Å²) >= 11 is 0. The fourth-order valence-corrected chi connectivity index (χ4v) is 8.08. The molecule has 0 unspecified atom stereocenters. The molecule has 176 valence electrons. The summed E-state index contributed by atoms with van der Waals surface area (Å²) in [7, 11) is 0. The lowest BCUT2D eigenvalue weighted by Gasteiger charge is -2.58. The molecular formula is C27H36F3NO. The molecule has 0 bridgehead atoms. The summed E-state index contributed by atoms with van der Waals surface area (Å²) in [5.74, 6) is 2.06. The first-order valence-electron chi connectivity index (χ1n) is 12.4. The number of aliphatic hydroxyl groups excluding tert-OH is 1. The molecule has 0 radical (unpaired) electrons. The molecule has 5 rings (SSSR count). The van der Waals surface area contributed by atoms with Crippen molar-refractivity contribution in [3.8, 4) is 0 Å². The van der Waals surface area contributed by atoms with Gasteiger partial charge < -0.3 is 10.4 Å². The fourth-order valence-electron chi connectivity index (χ4n) is 8.08. The zero-order valence-corrected chi connectivity index (χ0v) is 19.2. The van der Waals surface area contributed by atoms with E-state index in [0.29, 0.717) is 35.9 Å². The van der Waals surface area contributed by atoms with Crippen molar-refractivity contribution < 1.29 is 18.3 Å². The standard InChI is InChI=1S/C27H36F3NO/c1-25-12-10-20(32)15-18(25)6-7-21-22-8-9-24(26(22,2)13-11-23(21)25)31-16-17-4-3-5-19(14-17)27(28,29)30/h3-6,14,20-24,31-32H,7-13,15-16H2,1-2H3/t20-,21-,22-,23-,24-,25-,26-/m0/s1. The quantitative estimate of drug-likeness (QED) is 0.519. The number of rotatable bonds is 3. The predicted octanol–water partition coefficient (Wildman–Crippen LogP) is 6.49. The number of hydrogen-bond donors (Lipinski definition) is 2. The molecule has 4 aliphatic carbocycles. The Kier molecular flexibility index (Phi) is 5.52. The van der Waals surface area contributed by atoms with Crippen LogP contribution in [0.1, 0.15) is 76.3 Å². The molecule has 0 heterocycles. The molecule has 2 N–H and O–H groups in total. The summed E-state index contributed by atoms with van der Waals surface area (Å²) in [6.45, 7) is 5.37. The number of benzene rings is 1. The van der Waals surface area contributed by atoms with E-state index in [1.54, 1.807) is 6.07 Å². The van der Waals surface area contributed by atoms with Gasteiger partial charge >= 0.3 is 6.18 Å². The normalized spacial score (nSPS) is 41.4. The van der Waals surface area contributed by atoms with E-state index in [0.717, 1.165) is 38.2 Å². The first kappa shape index (κ1) is 22.5. The van der Waals surface area contributed by atoms with Crippen molar-refractivity contribution in [2.24, 2.45) is 28.6 Å². The number of nitrogens with one attached hydrogen (secondary N) is 1. The molecule has 1 aromatic carbocycles. The first-order valence-corrected chi connectivity index (χ1v) is 12.4. The second-order valence-electron chi connectivity index (χ2n) is 11.4. The van der Waals surface area contributed by atoms with E-state index >= 15 is 0 Å². The predicted molar refractivity (Wildman–Crippen MR) is 120 cm³/mol. The van der Waals surface area contributed by atoms with Crippen LogP contribution in [0.3, 0.4) is 0 Å². The average Bonchev–Trinajstić information content (AvgIpc) is 3.09. The average molecular weight is 448 g/mol. The molecule has 0 aromatic heterocycles. The zero-order chi connectivity index (χ0) is 22.7. The maximum absolute atomic E-state index is 13.1. The van der Waals surface area contributed by atoms with Gasteiger partial charge in [-0.1, -0.05) is 43.7 Å². The molecule has 5 heteroatoms. The van der Waals surface area contributed by atoms with Crippen molar-refractivity contribution in [1.82, 2.24) is 5.32 Å². The molecule has 1 aromatic rings. The largest absolute Gasteiger partial charge is 0.416 e. The van der Waals surface area contributed by atoms with Crippen molar-refractivity contribution >= 4 is 0 Å². The second-order valence-corrected chi connectivity index (χ2v) is 11.4. The number of alkyl halides is 3. The summed E-state index contributed by atoms with van der Waals surface area (Å²) in [6.07, 6.45) is 6.71. The van der Waals surface area contributed by atoms with Crippen LogP contribution in [0, 0.1) is 28.6 Å². The number of aliphatic hydroxyl groups is 1. The van der Waals surface area contributed by atoms with Gasteiger partial charge in [0.25, 0.3) is 0 Å². The maximum Gasteiger partial charge on any atom is 0.416 e. The monoisotopic (exact) mass is 447 g/mol. The molecule has 0 amide bonds. The Labute approximate surface area is 189 Å². The summed E-state index contributed by atoms with van der Waals surface area (Å²) in [5.41, 5.74) is 2.09. The number of halogens is 3. The van der Waals surface area contributed by atoms with Crippen molar-refractivity contribution in [3.05, 3.63) is 47.0 Å². The van der Waals surface area contributed by atoms with Gasteiger partial charge in [-0.05, 0) is 91.6 Å².